The van der Waals surface area contributed by atoms with Crippen LogP contribution in [0.1, 0.15) is 40.0 Å². The van der Waals surface area contributed by atoms with Gasteiger partial charge in [0.1, 0.15) is 11.5 Å². The quantitative estimate of drug-likeness (QED) is 0.381. The molecule has 5 heteroatoms. The molecule has 0 saturated heterocycles. The second kappa shape index (κ2) is 8.97. The molecule has 162 valence electrons. The van der Waals surface area contributed by atoms with Crippen LogP contribution in [0.15, 0.2) is 84.1 Å². The Morgan fingerprint density at radius 3 is 2.22 bits per heavy atom. The Bertz CT molecular complexity index is 1200. The van der Waals surface area contributed by atoms with Gasteiger partial charge in [-0.05, 0) is 73.9 Å². The first-order valence-corrected chi connectivity index (χ1v) is 11.0. The standard InChI is InChI=1S/C27H26N2O2S/c1-17-10-13-23(16-18(17)2)31-22-14-11-20(12-15-22)25-24(19(3)29(4)27(32)28-25)26(30)21-8-6-5-7-9-21/h5-16,25H,1-4H3,(H,28,32). The highest BCUT2D eigenvalue weighted by Crippen LogP contribution is 2.33. The summed E-state index contributed by atoms with van der Waals surface area (Å²) in [6.45, 7) is 6.09. The molecule has 0 aromatic heterocycles. The number of nitrogens with one attached hydrogen (secondary N) is 1. The van der Waals surface area contributed by atoms with Gasteiger partial charge >= 0.3 is 0 Å². The van der Waals surface area contributed by atoms with Gasteiger partial charge in [0.05, 0.1) is 6.04 Å². The first-order chi connectivity index (χ1) is 15.3. The van der Waals surface area contributed by atoms with Gasteiger partial charge in [-0.1, -0.05) is 48.5 Å². The second-order valence-corrected chi connectivity index (χ2v) is 8.44. The number of aryl methyl sites for hydroxylation is 2. The lowest BCUT2D eigenvalue weighted by molar-refractivity contribution is 0.102. The number of rotatable bonds is 5. The highest BCUT2D eigenvalue weighted by molar-refractivity contribution is 7.80. The van der Waals surface area contributed by atoms with E-state index in [0.717, 1.165) is 22.8 Å². The molecule has 1 heterocycles. The van der Waals surface area contributed by atoms with Gasteiger partial charge in [-0.3, -0.25) is 4.79 Å². The van der Waals surface area contributed by atoms with Crippen molar-refractivity contribution in [1.82, 2.24) is 10.2 Å². The number of carbonyl (C=O) groups is 1. The second-order valence-electron chi connectivity index (χ2n) is 8.05. The summed E-state index contributed by atoms with van der Waals surface area (Å²) in [5.41, 5.74) is 5.57. The van der Waals surface area contributed by atoms with E-state index in [2.05, 4.69) is 25.2 Å². The van der Waals surface area contributed by atoms with E-state index in [1.807, 2.05) is 85.6 Å². The molecule has 0 radical (unpaired) electrons. The minimum absolute atomic E-state index is 0.00888. The minimum Gasteiger partial charge on any atom is -0.457 e. The van der Waals surface area contributed by atoms with Gasteiger partial charge in [0.15, 0.2) is 10.9 Å². The van der Waals surface area contributed by atoms with Crippen molar-refractivity contribution in [2.75, 3.05) is 7.05 Å². The molecule has 0 fully saturated rings. The molecule has 32 heavy (non-hydrogen) atoms. The minimum atomic E-state index is -0.331. The number of ketones is 1. The third-order valence-corrected chi connectivity index (χ3v) is 6.35. The molecule has 4 rings (SSSR count). The number of hydrogen-bond donors (Lipinski definition) is 1. The molecule has 1 N–H and O–H groups in total. The van der Waals surface area contributed by atoms with Crippen LogP contribution in [0, 0.1) is 13.8 Å². The van der Waals surface area contributed by atoms with E-state index in [1.54, 1.807) is 0 Å². The zero-order valence-corrected chi connectivity index (χ0v) is 19.5. The van der Waals surface area contributed by atoms with Gasteiger partial charge in [-0.25, -0.2) is 0 Å². The Morgan fingerprint density at radius 1 is 0.906 bits per heavy atom. The third-order valence-electron chi connectivity index (χ3n) is 5.96. The average molecular weight is 443 g/mol. The van der Waals surface area contributed by atoms with Crippen LogP contribution in [0.3, 0.4) is 0 Å². The number of carbonyl (C=O) groups excluding carboxylic acids is 1. The average Bonchev–Trinajstić information content (AvgIpc) is 2.80. The van der Waals surface area contributed by atoms with Crippen molar-refractivity contribution >= 4 is 23.1 Å². The van der Waals surface area contributed by atoms with Gasteiger partial charge in [0, 0.05) is 23.9 Å². The van der Waals surface area contributed by atoms with Crippen molar-refractivity contribution in [1.29, 1.82) is 0 Å². The zero-order chi connectivity index (χ0) is 22.8. The van der Waals surface area contributed by atoms with Crippen LogP contribution in [0.2, 0.25) is 0 Å². The van der Waals surface area contributed by atoms with E-state index in [0.29, 0.717) is 16.2 Å². The molecule has 1 aliphatic heterocycles. The molecule has 3 aromatic rings. The normalized spacial score (nSPS) is 16.1. The number of thiocarbonyl (C=S) groups is 1. The lowest BCUT2D eigenvalue weighted by Gasteiger charge is -2.36. The summed E-state index contributed by atoms with van der Waals surface area (Å²) in [5.74, 6) is 1.53. The number of Topliss-reactive ketones (excluding diaryl/α,β-unsaturated/α-hetero) is 1. The van der Waals surface area contributed by atoms with E-state index in [4.69, 9.17) is 17.0 Å². The Balaban J connectivity index is 1.65. The Hall–Kier alpha value is -3.44. The van der Waals surface area contributed by atoms with E-state index in [1.165, 1.54) is 11.1 Å². The van der Waals surface area contributed by atoms with Crippen LogP contribution in [-0.4, -0.2) is 22.8 Å². The monoisotopic (exact) mass is 442 g/mol. The highest BCUT2D eigenvalue weighted by atomic mass is 32.1. The number of benzene rings is 3. The lowest BCUT2D eigenvalue weighted by atomic mass is 9.89. The first-order valence-electron chi connectivity index (χ1n) is 10.5. The van der Waals surface area contributed by atoms with Gasteiger partial charge < -0.3 is 15.0 Å². The predicted molar refractivity (Wildman–Crippen MR) is 132 cm³/mol. The van der Waals surface area contributed by atoms with Gasteiger partial charge in [0.25, 0.3) is 0 Å². The number of nitrogens with zero attached hydrogens (tertiary/aromatic N) is 1. The fourth-order valence-corrected chi connectivity index (χ4v) is 4.02. The van der Waals surface area contributed by atoms with Crippen LogP contribution >= 0.6 is 12.2 Å². The number of allylic oxidation sites excluding steroid dienone is 1. The first kappa shape index (κ1) is 21.8. The molecule has 1 atom stereocenters. The summed E-state index contributed by atoms with van der Waals surface area (Å²) in [6.07, 6.45) is 0. The topological polar surface area (TPSA) is 41.6 Å². The Kier molecular flexibility index (Phi) is 6.10. The predicted octanol–water partition coefficient (Wildman–Crippen LogP) is 6.11. The summed E-state index contributed by atoms with van der Waals surface area (Å²) < 4.78 is 6.03. The van der Waals surface area contributed by atoms with Crippen molar-refractivity contribution in [2.24, 2.45) is 0 Å². The molecule has 1 aliphatic rings. The molecule has 4 nitrogen and oxygen atoms in total. The van der Waals surface area contributed by atoms with E-state index in [9.17, 15) is 4.79 Å². The summed E-state index contributed by atoms with van der Waals surface area (Å²) in [7, 11) is 1.87. The van der Waals surface area contributed by atoms with Crippen LogP contribution in [0.4, 0.5) is 0 Å². The fraction of sp³-hybridized carbons (Fsp3) is 0.185. The molecule has 0 amide bonds. The lowest BCUT2D eigenvalue weighted by Crippen LogP contribution is -2.45. The van der Waals surface area contributed by atoms with Crippen LogP contribution < -0.4 is 10.1 Å². The largest absolute Gasteiger partial charge is 0.457 e. The molecule has 0 aliphatic carbocycles. The molecule has 1 unspecified atom stereocenters. The molecule has 0 spiro atoms. The number of ether oxygens (including phenoxy) is 1. The van der Waals surface area contributed by atoms with Gasteiger partial charge in [0.2, 0.25) is 0 Å². The van der Waals surface area contributed by atoms with E-state index in [-0.39, 0.29) is 11.8 Å². The van der Waals surface area contributed by atoms with E-state index < -0.39 is 0 Å². The fourth-order valence-electron chi connectivity index (χ4n) is 3.77. The van der Waals surface area contributed by atoms with Crippen molar-refractivity contribution in [3.05, 3.63) is 106 Å². The maximum Gasteiger partial charge on any atom is 0.193 e. The summed E-state index contributed by atoms with van der Waals surface area (Å²) in [6, 6.07) is 22.9. The van der Waals surface area contributed by atoms with Crippen LogP contribution in [0.5, 0.6) is 11.5 Å². The van der Waals surface area contributed by atoms with E-state index >= 15 is 0 Å². The smallest absolute Gasteiger partial charge is 0.193 e. The van der Waals surface area contributed by atoms with Crippen molar-refractivity contribution in [3.8, 4) is 11.5 Å². The Labute approximate surface area is 194 Å². The van der Waals surface area contributed by atoms with Crippen molar-refractivity contribution in [3.63, 3.8) is 0 Å². The summed E-state index contributed by atoms with van der Waals surface area (Å²) in [4.78, 5) is 15.3. The highest BCUT2D eigenvalue weighted by Gasteiger charge is 2.32. The SMILES string of the molecule is CC1=C(C(=O)c2ccccc2)C(c2ccc(Oc3ccc(C)c(C)c3)cc2)NC(=S)N1C. The third kappa shape index (κ3) is 4.30. The molecule has 3 aromatic carbocycles. The maximum atomic E-state index is 13.4. The molecular weight excluding hydrogens is 416 g/mol. The molecular formula is C27H26N2O2S. The Morgan fingerprint density at radius 2 is 1.56 bits per heavy atom. The van der Waals surface area contributed by atoms with Crippen molar-refractivity contribution in [2.45, 2.75) is 26.8 Å². The maximum absolute atomic E-state index is 13.4. The van der Waals surface area contributed by atoms with Gasteiger partial charge in [-0.2, -0.15) is 0 Å². The zero-order valence-electron chi connectivity index (χ0n) is 18.7. The van der Waals surface area contributed by atoms with Crippen LogP contribution in [0.25, 0.3) is 0 Å². The number of hydrogen-bond acceptors (Lipinski definition) is 3. The van der Waals surface area contributed by atoms with Crippen molar-refractivity contribution < 1.29 is 9.53 Å². The summed E-state index contributed by atoms with van der Waals surface area (Å²) >= 11 is 5.52. The molecule has 0 saturated carbocycles. The summed E-state index contributed by atoms with van der Waals surface area (Å²) in [5, 5.41) is 3.92. The van der Waals surface area contributed by atoms with Gasteiger partial charge in [-0.15, -0.1) is 0 Å². The molecule has 0 bridgehead atoms. The van der Waals surface area contributed by atoms with Crippen LogP contribution in [-0.2, 0) is 0 Å².